The molecule has 7 heteroatoms. The summed E-state index contributed by atoms with van der Waals surface area (Å²) in [5.74, 6) is -1.41. The Labute approximate surface area is 188 Å². The van der Waals surface area contributed by atoms with Crippen molar-refractivity contribution in [1.29, 1.82) is 0 Å². The van der Waals surface area contributed by atoms with Crippen molar-refractivity contribution < 1.29 is 28.6 Å². The Morgan fingerprint density at radius 3 is 1.03 bits per heavy atom. The number of benzene rings is 3. The molecule has 0 atom stereocenters. The molecule has 0 heterocycles. The van der Waals surface area contributed by atoms with Gasteiger partial charge in [-0.15, -0.1) is 0 Å². The second-order valence-electron chi connectivity index (χ2n) is 6.36. The Morgan fingerprint density at radius 1 is 0.516 bits per heavy atom. The van der Waals surface area contributed by atoms with E-state index in [0.717, 1.165) is 9.81 Å². The fourth-order valence-corrected chi connectivity index (χ4v) is 13.8. The van der Waals surface area contributed by atoms with Crippen molar-refractivity contribution in [2.75, 3.05) is 21.3 Å². The predicted molar refractivity (Wildman–Crippen MR) is 118 cm³/mol. The zero-order valence-corrected chi connectivity index (χ0v) is 20.8. The van der Waals surface area contributed by atoms with Crippen LogP contribution in [-0.4, -0.2) is 61.0 Å². The van der Waals surface area contributed by atoms with E-state index in [2.05, 4.69) is 0 Å². The molecular formula is C24H21BiO6. The first kappa shape index (κ1) is 22.6. The average Bonchev–Trinajstić information content (AvgIpc) is 2.83. The van der Waals surface area contributed by atoms with Crippen molar-refractivity contribution in [2.45, 2.75) is 0 Å². The first-order valence-corrected chi connectivity index (χ1v) is 14.6. The molecule has 0 aliphatic rings. The van der Waals surface area contributed by atoms with Crippen molar-refractivity contribution in [1.82, 2.24) is 0 Å². The molecule has 3 aromatic rings. The van der Waals surface area contributed by atoms with Crippen LogP contribution in [0.5, 0.6) is 0 Å². The van der Waals surface area contributed by atoms with E-state index in [4.69, 9.17) is 14.2 Å². The average molecular weight is 614 g/mol. The molecule has 0 saturated heterocycles. The maximum atomic E-state index is 12.6. The zero-order chi connectivity index (χ0) is 22.4. The quantitative estimate of drug-likeness (QED) is 0.239. The van der Waals surface area contributed by atoms with Crippen LogP contribution in [0.3, 0.4) is 0 Å². The van der Waals surface area contributed by atoms with Gasteiger partial charge in [-0.3, -0.25) is 0 Å². The van der Waals surface area contributed by atoms with Crippen LogP contribution in [0, 0.1) is 0 Å². The topological polar surface area (TPSA) is 78.9 Å². The molecule has 3 aromatic carbocycles. The third kappa shape index (κ3) is 4.67. The van der Waals surface area contributed by atoms with Crippen LogP contribution in [-0.2, 0) is 14.2 Å². The van der Waals surface area contributed by atoms with Crippen LogP contribution in [0.4, 0.5) is 0 Å². The predicted octanol–water partition coefficient (Wildman–Crippen LogP) is 1.56. The van der Waals surface area contributed by atoms with E-state index in [1.165, 1.54) is 21.3 Å². The van der Waals surface area contributed by atoms with Crippen molar-refractivity contribution in [2.24, 2.45) is 0 Å². The van der Waals surface area contributed by atoms with E-state index >= 15 is 0 Å². The Morgan fingerprint density at radius 2 is 0.774 bits per heavy atom. The number of esters is 3. The third-order valence-corrected chi connectivity index (χ3v) is 14.8. The van der Waals surface area contributed by atoms with Gasteiger partial charge in [0.2, 0.25) is 0 Å². The normalized spacial score (nSPS) is 10.5. The molecule has 0 radical (unpaired) electrons. The molecule has 0 bridgehead atoms. The summed E-state index contributed by atoms with van der Waals surface area (Å²) in [5, 5.41) is 0. The first-order chi connectivity index (χ1) is 15.0. The van der Waals surface area contributed by atoms with Gasteiger partial charge in [-0.2, -0.15) is 0 Å². The number of hydrogen-bond acceptors (Lipinski definition) is 6. The Kier molecular flexibility index (Phi) is 7.53. The Hall–Kier alpha value is -3.05. The van der Waals surface area contributed by atoms with Crippen LogP contribution < -0.4 is 9.81 Å². The standard InChI is InChI=1S/3C8H7O2.Bi/c3*1-10-8(9)7-5-3-2-4-6-7;/h3*2-5H,1H3;. The molecule has 0 aromatic heterocycles. The first-order valence-electron chi connectivity index (χ1n) is 9.35. The summed E-state index contributed by atoms with van der Waals surface area (Å²) >= 11 is -3.43. The van der Waals surface area contributed by atoms with Crippen molar-refractivity contribution >= 4 is 49.5 Å². The number of methoxy groups -OCH3 is 3. The molecule has 158 valence electrons. The minimum atomic E-state index is -3.43. The van der Waals surface area contributed by atoms with Gasteiger partial charge < -0.3 is 0 Å². The molecular weight excluding hydrogens is 593 g/mol. The van der Waals surface area contributed by atoms with Crippen LogP contribution in [0.25, 0.3) is 0 Å². The van der Waals surface area contributed by atoms with E-state index in [1.807, 2.05) is 36.4 Å². The summed E-state index contributed by atoms with van der Waals surface area (Å²) in [7, 11) is 3.98. The molecule has 0 aliphatic carbocycles. The fourth-order valence-electron chi connectivity index (χ4n) is 3.24. The molecule has 6 nitrogen and oxygen atoms in total. The summed E-state index contributed by atoms with van der Waals surface area (Å²) in [4.78, 5) is 37.7. The van der Waals surface area contributed by atoms with Gasteiger partial charge in [0.25, 0.3) is 0 Å². The van der Waals surface area contributed by atoms with Crippen LogP contribution in [0.1, 0.15) is 31.1 Å². The van der Waals surface area contributed by atoms with Crippen LogP contribution in [0.2, 0.25) is 0 Å². The minimum absolute atomic E-state index is 0.419. The van der Waals surface area contributed by atoms with Crippen molar-refractivity contribution in [3.8, 4) is 0 Å². The summed E-state index contributed by atoms with van der Waals surface area (Å²) < 4.78 is 17.4. The van der Waals surface area contributed by atoms with Crippen LogP contribution in [0.15, 0.2) is 72.8 Å². The molecule has 0 N–H and O–H groups in total. The zero-order valence-electron chi connectivity index (χ0n) is 17.3. The molecule has 0 fully saturated rings. The second kappa shape index (κ2) is 10.3. The number of rotatable bonds is 6. The van der Waals surface area contributed by atoms with Gasteiger partial charge >= 0.3 is 189 Å². The molecule has 0 amide bonds. The van der Waals surface area contributed by atoms with Gasteiger partial charge in [-0.05, 0) is 0 Å². The van der Waals surface area contributed by atoms with E-state index in [-0.39, 0.29) is 0 Å². The summed E-state index contributed by atoms with van der Waals surface area (Å²) in [6.45, 7) is 0. The Bertz CT molecular complexity index is 983. The summed E-state index contributed by atoms with van der Waals surface area (Å²) in [5.41, 5.74) is 1.26. The Balaban J connectivity index is 2.39. The number of carbonyl (C=O) groups excluding carboxylic acids is 3. The van der Waals surface area contributed by atoms with E-state index < -0.39 is 39.7 Å². The van der Waals surface area contributed by atoms with Crippen LogP contribution >= 0.6 is 0 Å². The number of hydrogen-bond donors (Lipinski definition) is 0. The van der Waals surface area contributed by atoms with Crippen molar-refractivity contribution in [3.05, 3.63) is 89.5 Å². The molecule has 0 spiro atoms. The fraction of sp³-hybridized carbons (Fsp3) is 0.125. The molecule has 3 rings (SSSR count). The number of carbonyl (C=O) groups is 3. The third-order valence-electron chi connectivity index (χ3n) is 4.65. The maximum absolute atomic E-state index is 12.6. The summed E-state index contributed by atoms with van der Waals surface area (Å²) in [6.07, 6.45) is 0. The van der Waals surface area contributed by atoms with Gasteiger partial charge in [0.1, 0.15) is 0 Å². The summed E-state index contributed by atoms with van der Waals surface area (Å²) in [6, 6.07) is 21.5. The van der Waals surface area contributed by atoms with E-state index in [1.54, 1.807) is 36.4 Å². The number of ether oxygens (including phenoxy) is 3. The van der Waals surface area contributed by atoms with E-state index in [9.17, 15) is 14.4 Å². The second-order valence-corrected chi connectivity index (χ2v) is 14.6. The van der Waals surface area contributed by atoms with Gasteiger partial charge in [0.15, 0.2) is 0 Å². The van der Waals surface area contributed by atoms with Gasteiger partial charge in [0, 0.05) is 0 Å². The van der Waals surface area contributed by atoms with E-state index in [0.29, 0.717) is 16.7 Å². The molecule has 0 unspecified atom stereocenters. The molecule has 31 heavy (non-hydrogen) atoms. The molecule has 0 aliphatic heterocycles. The van der Waals surface area contributed by atoms with Gasteiger partial charge in [0.05, 0.1) is 0 Å². The van der Waals surface area contributed by atoms with Gasteiger partial charge in [-0.1, -0.05) is 0 Å². The van der Waals surface area contributed by atoms with Crippen molar-refractivity contribution in [3.63, 3.8) is 0 Å². The SMILES string of the molecule is COC(=O)c1cccc[c]1[Bi]([c]1ccccc1C(=O)OC)[c]1ccccc1C(=O)OC. The molecule has 0 saturated carbocycles. The monoisotopic (exact) mass is 614 g/mol. The van der Waals surface area contributed by atoms with Gasteiger partial charge in [-0.25, -0.2) is 0 Å².